The van der Waals surface area contributed by atoms with E-state index in [-0.39, 0.29) is 0 Å². The van der Waals surface area contributed by atoms with E-state index in [1.165, 1.54) is 0 Å². The monoisotopic (exact) mass is 360 g/mol. The van der Waals surface area contributed by atoms with Gasteiger partial charge in [-0.3, -0.25) is 5.32 Å². The first-order valence-electron chi connectivity index (χ1n) is 8.32. The third-order valence-electron chi connectivity index (χ3n) is 3.39. The van der Waals surface area contributed by atoms with E-state index in [9.17, 15) is 9.59 Å². The quantitative estimate of drug-likeness (QED) is 0.840. The van der Waals surface area contributed by atoms with Crippen LogP contribution < -0.4 is 5.32 Å². The van der Waals surface area contributed by atoms with Gasteiger partial charge < -0.3 is 9.47 Å². The lowest BCUT2D eigenvalue weighted by atomic mass is 10.2. The Labute approximate surface area is 152 Å². The number of aryl methyl sites for hydroxylation is 1. The van der Waals surface area contributed by atoms with Crippen LogP contribution in [0.15, 0.2) is 18.3 Å². The molecule has 0 aliphatic heterocycles. The van der Waals surface area contributed by atoms with Crippen molar-refractivity contribution in [2.45, 2.75) is 47.1 Å². The number of carbonyl (C=O) groups excluding carboxylic acids is 2. The average molecular weight is 360 g/mol. The molecule has 8 heteroatoms. The van der Waals surface area contributed by atoms with Crippen molar-refractivity contribution in [3.05, 3.63) is 35.3 Å². The zero-order valence-electron chi connectivity index (χ0n) is 15.9. The second kappa shape index (κ2) is 7.55. The summed E-state index contributed by atoms with van der Waals surface area (Å²) >= 11 is 0. The van der Waals surface area contributed by atoms with Gasteiger partial charge >= 0.3 is 12.1 Å². The fourth-order valence-electron chi connectivity index (χ4n) is 2.39. The summed E-state index contributed by atoms with van der Waals surface area (Å²) in [7, 11) is 0. The maximum Gasteiger partial charge on any atom is 0.413 e. The Balaban J connectivity index is 2.20. The van der Waals surface area contributed by atoms with Crippen LogP contribution in [0.4, 0.5) is 10.6 Å². The van der Waals surface area contributed by atoms with Gasteiger partial charge in [0.25, 0.3) is 0 Å². The van der Waals surface area contributed by atoms with Gasteiger partial charge in [-0.25, -0.2) is 19.3 Å². The van der Waals surface area contributed by atoms with Crippen molar-refractivity contribution >= 4 is 17.9 Å². The van der Waals surface area contributed by atoms with Gasteiger partial charge in [0.1, 0.15) is 17.0 Å². The molecule has 0 spiro atoms. The summed E-state index contributed by atoms with van der Waals surface area (Å²) < 4.78 is 11.9. The minimum Gasteiger partial charge on any atom is -0.462 e. The van der Waals surface area contributed by atoms with E-state index in [1.807, 2.05) is 0 Å². The minimum atomic E-state index is -0.586. The van der Waals surface area contributed by atoms with Crippen molar-refractivity contribution in [2.24, 2.45) is 0 Å². The minimum absolute atomic E-state index is 0.301. The molecule has 0 bridgehead atoms. The van der Waals surface area contributed by atoms with Crippen molar-refractivity contribution in [1.82, 2.24) is 14.8 Å². The van der Waals surface area contributed by atoms with E-state index >= 15 is 0 Å². The van der Waals surface area contributed by atoms with E-state index in [2.05, 4.69) is 15.4 Å². The predicted octanol–water partition coefficient (Wildman–Crippen LogP) is 3.41. The van der Waals surface area contributed by atoms with E-state index in [1.54, 1.807) is 64.6 Å². The van der Waals surface area contributed by atoms with Crippen LogP contribution >= 0.6 is 0 Å². The zero-order valence-corrected chi connectivity index (χ0v) is 15.9. The number of hydrogen-bond acceptors (Lipinski definition) is 6. The molecule has 0 unspecified atom stereocenters. The molecule has 0 fully saturated rings. The van der Waals surface area contributed by atoms with Gasteiger partial charge in [-0.2, -0.15) is 5.10 Å². The molecule has 0 radical (unpaired) electrons. The lowest BCUT2D eigenvalue weighted by Gasteiger charge is -2.19. The molecular weight excluding hydrogens is 336 g/mol. The van der Waals surface area contributed by atoms with Gasteiger partial charge in [0.05, 0.1) is 29.9 Å². The van der Waals surface area contributed by atoms with E-state index in [0.717, 1.165) is 0 Å². The summed E-state index contributed by atoms with van der Waals surface area (Å²) in [5, 5.41) is 6.95. The SMILES string of the molecule is CCOC(=O)c1c(C)nn(-c2ccc(NC(=O)OC(C)(C)C)nc2)c1C. The number of rotatable bonds is 4. The van der Waals surface area contributed by atoms with Crippen LogP contribution in [0.5, 0.6) is 0 Å². The number of nitrogens with zero attached hydrogens (tertiary/aromatic N) is 3. The fourth-order valence-corrected chi connectivity index (χ4v) is 2.39. The standard InChI is InChI=1S/C18H24N4O4/c1-7-25-16(23)15-11(2)21-22(12(15)3)13-8-9-14(19-10-13)20-17(24)26-18(4,5)6/h8-10H,7H2,1-6H3,(H,19,20,24). The first-order chi connectivity index (χ1) is 12.1. The Bertz CT molecular complexity index is 804. The Morgan fingerprint density at radius 2 is 1.92 bits per heavy atom. The summed E-state index contributed by atoms with van der Waals surface area (Å²) in [4.78, 5) is 28.0. The second-order valence-electron chi connectivity index (χ2n) is 6.71. The molecular formula is C18H24N4O4. The molecule has 0 saturated carbocycles. The highest BCUT2D eigenvalue weighted by atomic mass is 16.6. The molecule has 0 aliphatic carbocycles. The lowest BCUT2D eigenvalue weighted by Crippen LogP contribution is -2.27. The fraction of sp³-hybridized carbons (Fsp3) is 0.444. The predicted molar refractivity (Wildman–Crippen MR) is 96.6 cm³/mol. The number of nitrogens with one attached hydrogen (secondary N) is 1. The van der Waals surface area contributed by atoms with Crippen molar-refractivity contribution in [2.75, 3.05) is 11.9 Å². The maximum absolute atomic E-state index is 12.1. The highest BCUT2D eigenvalue weighted by Gasteiger charge is 2.21. The summed E-state index contributed by atoms with van der Waals surface area (Å²) in [5.74, 6) is -0.0416. The number of carbonyl (C=O) groups is 2. The first kappa shape index (κ1) is 19.4. The number of esters is 1. The first-order valence-corrected chi connectivity index (χ1v) is 8.32. The smallest absolute Gasteiger partial charge is 0.413 e. The molecule has 1 amide bonds. The molecule has 0 atom stereocenters. The number of anilines is 1. The Morgan fingerprint density at radius 1 is 1.23 bits per heavy atom. The van der Waals surface area contributed by atoms with Crippen molar-refractivity contribution in [1.29, 1.82) is 0 Å². The molecule has 26 heavy (non-hydrogen) atoms. The number of pyridine rings is 1. The third-order valence-corrected chi connectivity index (χ3v) is 3.39. The second-order valence-corrected chi connectivity index (χ2v) is 6.71. The Kier molecular flexibility index (Phi) is 5.64. The molecule has 8 nitrogen and oxygen atoms in total. The molecule has 2 heterocycles. The Morgan fingerprint density at radius 3 is 2.46 bits per heavy atom. The molecule has 0 aliphatic rings. The molecule has 1 N–H and O–H groups in total. The summed E-state index contributed by atoms with van der Waals surface area (Å²) in [6, 6.07) is 3.38. The van der Waals surface area contributed by atoms with Crippen molar-refractivity contribution in [3.8, 4) is 5.69 Å². The van der Waals surface area contributed by atoms with Gasteiger partial charge in [0.15, 0.2) is 0 Å². The van der Waals surface area contributed by atoms with Gasteiger partial charge in [-0.05, 0) is 53.7 Å². The van der Waals surface area contributed by atoms with Crippen LogP contribution in [0.25, 0.3) is 5.69 Å². The van der Waals surface area contributed by atoms with Crippen molar-refractivity contribution in [3.63, 3.8) is 0 Å². The van der Waals surface area contributed by atoms with Crippen LogP contribution in [-0.4, -0.2) is 39.0 Å². The largest absolute Gasteiger partial charge is 0.462 e. The molecule has 2 aromatic rings. The van der Waals surface area contributed by atoms with Gasteiger partial charge in [-0.15, -0.1) is 0 Å². The van der Waals surface area contributed by atoms with E-state index in [0.29, 0.717) is 35.1 Å². The summed E-state index contributed by atoms with van der Waals surface area (Å²) in [6.45, 7) is 11.0. The van der Waals surface area contributed by atoms with Crippen LogP contribution in [0.1, 0.15) is 49.4 Å². The third kappa shape index (κ3) is 4.59. The van der Waals surface area contributed by atoms with Crippen LogP contribution in [0, 0.1) is 13.8 Å². The van der Waals surface area contributed by atoms with E-state index in [4.69, 9.17) is 9.47 Å². The number of ether oxygens (including phenoxy) is 2. The highest BCUT2D eigenvalue weighted by Crippen LogP contribution is 2.19. The van der Waals surface area contributed by atoms with E-state index < -0.39 is 17.7 Å². The van der Waals surface area contributed by atoms with Crippen LogP contribution in [0.2, 0.25) is 0 Å². The maximum atomic E-state index is 12.1. The zero-order chi connectivity index (χ0) is 19.5. The molecule has 0 aromatic carbocycles. The van der Waals surface area contributed by atoms with Crippen LogP contribution in [0.3, 0.4) is 0 Å². The molecule has 140 valence electrons. The van der Waals surface area contributed by atoms with Crippen molar-refractivity contribution < 1.29 is 19.1 Å². The number of aromatic nitrogens is 3. The highest BCUT2D eigenvalue weighted by molar-refractivity contribution is 5.92. The average Bonchev–Trinajstić information content (AvgIpc) is 2.81. The number of hydrogen-bond donors (Lipinski definition) is 1. The molecule has 2 aromatic heterocycles. The van der Waals surface area contributed by atoms with Gasteiger partial charge in [0, 0.05) is 0 Å². The summed E-state index contributed by atoms with van der Waals surface area (Å²) in [6.07, 6.45) is 0.981. The number of amides is 1. The van der Waals surface area contributed by atoms with Crippen LogP contribution in [-0.2, 0) is 9.47 Å². The normalized spacial score (nSPS) is 11.2. The molecule has 2 rings (SSSR count). The van der Waals surface area contributed by atoms with Gasteiger partial charge in [-0.1, -0.05) is 0 Å². The topological polar surface area (TPSA) is 95.3 Å². The lowest BCUT2D eigenvalue weighted by molar-refractivity contribution is 0.0523. The summed E-state index contributed by atoms with van der Waals surface area (Å²) in [5.41, 5.74) is 1.77. The van der Waals surface area contributed by atoms with Gasteiger partial charge in [0.2, 0.25) is 0 Å². The molecule has 0 saturated heterocycles. The Hall–Kier alpha value is -2.90.